The van der Waals surface area contributed by atoms with E-state index in [4.69, 9.17) is 5.26 Å². The van der Waals surface area contributed by atoms with Crippen LogP contribution in [0, 0.1) is 11.3 Å². The summed E-state index contributed by atoms with van der Waals surface area (Å²) in [5, 5.41) is 12.1. The van der Waals surface area contributed by atoms with Crippen LogP contribution in [0.4, 0.5) is 0 Å². The molecule has 0 aliphatic carbocycles. The molecular formula is C22H30N4S. The van der Waals surface area contributed by atoms with Gasteiger partial charge in [0.05, 0.1) is 17.3 Å². The van der Waals surface area contributed by atoms with E-state index in [1.54, 1.807) is 18.3 Å². The zero-order valence-electron chi connectivity index (χ0n) is 16.4. The number of pyridine rings is 1. The molecule has 0 saturated carbocycles. The summed E-state index contributed by atoms with van der Waals surface area (Å²) in [4.78, 5) is 7.67. The maximum Gasteiger partial charge on any atom is 0.0991 e. The number of hydrogen-bond donors (Lipinski definition) is 2. The van der Waals surface area contributed by atoms with Crippen LogP contribution in [0.2, 0.25) is 0 Å². The van der Waals surface area contributed by atoms with Crippen molar-refractivity contribution in [1.82, 2.24) is 15.2 Å². The summed E-state index contributed by atoms with van der Waals surface area (Å²) < 4.78 is 0. The number of likely N-dealkylation sites (tertiary alicyclic amines) is 1. The lowest BCUT2D eigenvalue weighted by Gasteiger charge is -2.23. The number of thiol groups is 1. The molecule has 0 bridgehead atoms. The molecule has 144 valence electrons. The first-order chi connectivity index (χ1) is 13.1. The van der Waals surface area contributed by atoms with E-state index < -0.39 is 0 Å². The van der Waals surface area contributed by atoms with Crippen molar-refractivity contribution >= 4 is 12.6 Å². The van der Waals surface area contributed by atoms with Gasteiger partial charge >= 0.3 is 0 Å². The van der Waals surface area contributed by atoms with Crippen LogP contribution >= 0.6 is 12.6 Å². The van der Waals surface area contributed by atoms with Gasteiger partial charge in [0.15, 0.2) is 0 Å². The summed E-state index contributed by atoms with van der Waals surface area (Å²) in [6, 6.07) is 14.0. The average Bonchev–Trinajstić information content (AvgIpc) is 3.24. The SMILES string of the molecule is CCCNC[C@@H](C)N1CCCC1.N#Cc1ccc(-c2ccc(S)cn2)cc1. The second-order valence-corrected chi connectivity index (χ2v) is 7.40. The summed E-state index contributed by atoms with van der Waals surface area (Å²) in [5.74, 6) is 0. The Balaban J connectivity index is 0.000000199. The highest BCUT2D eigenvalue weighted by molar-refractivity contribution is 7.80. The molecule has 2 aromatic rings. The summed E-state index contributed by atoms with van der Waals surface area (Å²) in [7, 11) is 0. The van der Waals surface area contributed by atoms with Gasteiger partial charge in [0.25, 0.3) is 0 Å². The molecule has 3 rings (SSSR count). The van der Waals surface area contributed by atoms with Gasteiger partial charge < -0.3 is 5.32 Å². The molecule has 1 fully saturated rings. The fraction of sp³-hybridized carbons (Fsp3) is 0.455. The van der Waals surface area contributed by atoms with Crippen LogP contribution in [-0.2, 0) is 0 Å². The van der Waals surface area contributed by atoms with Crippen molar-refractivity contribution < 1.29 is 0 Å². The molecule has 1 aliphatic heterocycles. The van der Waals surface area contributed by atoms with Gasteiger partial charge in [0.1, 0.15) is 0 Å². The summed E-state index contributed by atoms with van der Waals surface area (Å²) in [5.41, 5.74) is 2.55. The fourth-order valence-corrected chi connectivity index (χ4v) is 3.20. The third kappa shape index (κ3) is 7.34. The van der Waals surface area contributed by atoms with Crippen molar-refractivity contribution in [3.63, 3.8) is 0 Å². The zero-order chi connectivity index (χ0) is 19.5. The Hall–Kier alpha value is -1.87. The van der Waals surface area contributed by atoms with Gasteiger partial charge in [-0.3, -0.25) is 9.88 Å². The van der Waals surface area contributed by atoms with Gasteiger partial charge in [-0.25, -0.2) is 0 Å². The molecule has 4 nitrogen and oxygen atoms in total. The molecule has 1 aliphatic rings. The monoisotopic (exact) mass is 382 g/mol. The van der Waals surface area contributed by atoms with Gasteiger partial charge in [0, 0.05) is 29.2 Å². The van der Waals surface area contributed by atoms with Crippen molar-refractivity contribution in [3.8, 4) is 17.3 Å². The highest BCUT2D eigenvalue weighted by atomic mass is 32.1. The smallest absolute Gasteiger partial charge is 0.0991 e. The fourth-order valence-electron chi connectivity index (χ4n) is 3.07. The van der Waals surface area contributed by atoms with Gasteiger partial charge in [0.2, 0.25) is 0 Å². The number of benzene rings is 1. The number of aromatic nitrogens is 1. The van der Waals surface area contributed by atoms with E-state index in [1.807, 2.05) is 24.3 Å². The molecule has 0 radical (unpaired) electrons. The lowest BCUT2D eigenvalue weighted by molar-refractivity contribution is 0.252. The first-order valence-corrected chi connectivity index (χ1v) is 10.2. The second-order valence-electron chi connectivity index (χ2n) is 6.89. The van der Waals surface area contributed by atoms with Gasteiger partial charge in [-0.15, -0.1) is 12.6 Å². The first kappa shape index (κ1) is 21.4. The van der Waals surface area contributed by atoms with Crippen LogP contribution in [0.15, 0.2) is 47.5 Å². The van der Waals surface area contributed by atoms with Gasteiger partial charge in [-0.05, 0) is 70.1 Å². The van der Waals surface area contributed by atoms with Crippen LogP contribution in [0.25, 0.3) is 11.3 Å². The minimum atomic E-state index is 0.657. The van der Waals surface area contributed by atoms with Crippen molar-refractivity contribution in [2.45, 2.75) is 44.0 Å². The Kier molecular flexibility index (Phi) is 9.34. The quantitative estimate of drug-likeness (QED) is 0.575. The number of nitrogens with zero attached hydrogens (tertiary/aromatic N) is 3. The summed E-state index contributed by atoms with van der Waals surface area (Å²) in [6.45, 7) is 9.50. The van der Waals surface area contributed by atoms with Crippen molar-refractivity contribution in [2.75, 3.05) is 26.2 Å². The molecule has 1 saturated heterocycles. The van der Waals surface area contributed by atoms with Gasteiger partial charge in [-0.1, -0.05) is 19.1 Å². The lowest BCUT2D eigenvalue weighted by Crippen LogP contribution is -2.38. The number of hydrogen-bond acceptors (Lipinski definition) is 5. The minimum absolute atomic E-state index is 0.657. The maximum atomic E-state index is 8.66. The van der Waals surface area contributed by atoms with Crippen molar-refractivity contribution in [3.05, 3.63) is 48.2 Å². The third-order valence-electron chi connectivity index (χ3n) is 4.69. The average molecular weight is 383 g/mol. The molecule has 1 N–H and O–H groups in total. The third-order valence-corrected chi connectivity index (χ3v) is 4.95. The van der Waals surface area contributed by atoms with Gasteiger partial charge in [-0.2, -0.15) is 5.26 Å². The first-order valence-electron chi connectivity index (χ1n) is 9.74. The minimum Gasteiger partial charge on any atom is -0.315 e. The zero-order valence-corrected chi connectivity index (χ0v) is 17.3. The molecule has 5 heteroatoms. The Morgan fingerprint density at radius 3 is 2.44 bits per heavy atom. The molecule has 1 aromatic heterocycles. The highest BCUT2D eigenvalue weighted by Crippen LogP contribution is 2.18. The number of nitriles is 1. The predicted octanol–water partition coefficient (Wildman–Crippen LogP) is 4.38. The maximum absolute atomic E-state index is 8.66. The summed E-state index contributed by atoms with van der Waals surface area (Å²) in [6.07, 6.45) is 5.75. The molecule has 2 heterocycles. The van der Waals surface area contributed by atoms with Crippen LogP contribution in [0.1, 0.15) is 38.7 Å². The molecular weight excluding hydrogens is 352 g/mol. The molecule has 0 spiro atoms. The van der Waals surface area contributed by atoms with E-state index in [-0.39, 0.29) is 0 Å². The van der Waals surface area contributed by atoms with Crippen LogP contribution in [0.3, 0.4) is 0 Å². The molecule has 1 atom stereocenters. The van der Waals surface area contributed by atoms with Crippen LogP contribution < -0.4 is 5.32 Å². The van der Waals surface area contributed by atoms with E-state index >= 15 is 0 Å². The second kappa shape index (κ2) is 11.8. The topological polar surface area (TPSA) is 52.0 Å². The standard InChI is InChI=1S/C12H8N2S.C10H22N2/c13-7-9-1-3-10(4-2-9)12-6-5-11(15)8-14-12;1-3-6-11-9-10(2)12-7-4-5-8-12/h1-6,8,15H;10-11H,3-9H2,1-2H3/t;10-/m.1/s1. The Morgan fingerprint density at radius 1 is 1.19 bits per heavy atom. The molecule has 1 aromatic carbocycles. The van der Waals surface area contributed by atoms with E-state index in [0.717, 1.165) is 35.3 Å². The van der Waals surface area contributed by atoms with E-state index in [2.05, 4.69) is 47.7 Å². The van der Waals surface area contributed by atoms with E-state index in [0.29, 0.717) is 5.56 Å². The number of rotatable bonds is 6. The highest BCUT2D eigenvalue weighted by Gasteiger charge is 2.16. The lowest BCUT2D eigenvalue weighted by atomic mass is 10.1. The summed E-state index contributed by atoms with van der Waals surface area (Å²) >= 11 is 4.17. The van der Waals surface area contributed by atoms with Crippen molar-refractivity contribution in [1.29, 1.82) is 5.26 Å². The molecule has 0 unspecified atom stereocenters. The van der Waals surface area contributed by atoms with Crippen molar-refractivity contribution in [2.24, 2.45) is 0 Å². The molecule has 27 heavy (non-hydrogen) atoms. The normalized spacial score (nSPS) is 14.9. The van der Waals surface area contributed by atoms with Crippen LogP contribution in [0.5, 0.6) is 0 Å². The van der Waals surface area contributed by atoms with E-state index in [9.17, 15) is 0 Å². The number of nitrogens with one attached hydrogen (secondary N) is 1. The Bertz CT molecular complexity index is 701. The predicted molar refractivity (Wildman–Crippen MR) is 115 cm³/mol. The Morgan fingerprint density at radius 2 is 1.89 bits per heavy atom. The molecule has 0 amide bonds. The van der Waals surface area contributed by atoms with E-state index in [1.165, 1.54) is 32.4 Å². The largest absolute Gasteiger partial charge is 0.315 e. The van der Waals surface area contributed by atoms with Crippen LogP contribution in [-0.4, -0.2) is 42.1 Å². The Labute approximate surface area is 169 Å².